The van der Waals surface area contributed by atoms with E-state index in [1.807, 2.05) is 5.70 Å². The van der Waals surface area contributed by atoms with Gasteiger partial charge in [-0.2, -0.15) is 11.1 Å². The fourth-order valence-electron chi connectivity index (χ4n) is 0.144. The second kappa shape index (κ2) is 7.74. The molecule has 0 aromatic rings. The SMILES string of the molecule is C=C[SiH2]N[SiH3].C[Si](C)(C)Cl. The molecule has 0 aliphatic rings. The zero-order valence-corrected chi connectivity index (χ0v) is 12.5. The highest BCUT2D eigenvalue weighted by Crippen LogP contribution is 2.03. The maximum Gasteiger partial charge on any atom is 0.147 e. The summed E-state index contributed by atoms with van der Waals surface area (Å²) in [6, 6.07) is 0. The maximum absolute atomic E-state index is 5.67. The van der Waals surface area contributed by atoms with Crippen LogP contribution in [0.15, 0.2) is 12.3 Å². The van der Waals surface area contributed by atoms with E-state index >= 15 is 0 Å². The van der Waals surface area contributed by atoms with E-state index in [1.165, 1.54) is 0 Å². The summed E-state index contributed by atoms with van der Waals surface area (Å²) >= 11 is 5.67. The molecule has 5 heteroatoms. The fraction of sp³-hybridized carbons (Fsp3) is 0.600. The maximum atomic E-state index is 5.67. The Hall–Kier alpha value is 0.641. The molecule has 0 fully saturated rings. The molecule has 62 valence electrons. The Morgan fingerprint density at radius 1 is 1.60 bits per heavy atom. The van der Waals surface area contributed by atoms with Crippen molar-refractivity contribution in [1.82, 2.24) is 4.65 Å². The van der Waals surface area contributed by atoms with Crippen molar-refractivity contribution < 1.29 is 0 Å². The zero-order chi connectivity index (χ0) is 8.62. The standard InChI is InChI=1S/C3H9ClSi.C2H9NSi2/c1-5(2,3)4;1-2-5-3-4/h1-3H3;2-3H,1,5H2,4H3. The second-order valence-corrected chi connectivity index (χ2v) is 14.3. The van der Waals surface area contributed by atoms with E-state index in [1.54, 1.807) is 0 Å². The van der Waals surface area contributed by atoms with Crippen LogP contribution < -0.4 is 4.65 Å². The third-order valence-corrected chi connectivity index (χ3v) is 2.27. The third kappa shape index (κ3) is 72.3. The summed E-state index contributed by atoms with van der Waals surface area (Å²) in [5, 5.41) is 0. The molecule has 0 amide bonds. The molecule has 0 saturated heterocycles. The highest BCUT2D eigenvalue weighted by molar-refractivity contribution is 7.18. The van der Waals surface area contributed by atoms with Crippen molar-refractivity contribution in [2.45, 2.75) is 19.6 Å². The average Bonchev–Trinajstić information content (AvgIpc) is 1.63. The Morgan fingerprint density at radius 2 is 1.90 bits per heavy atom. The molecule has 0 saturated carbocycles. The summed E-state index contributed by atoms with van der Waals surface area (Å²) in [6.45, 7) is 9.85. The van der Waals surface area contributed by atoms with E-state index in [0.717, 1.165) is 10.4 Å². The molecule has 0 heterocycles. The zero-order valence-electron chi connectivity index (χ0n) is 7.37. The molecule has 0 bridgehead atoms. The smallest absolute Gasteiger partial charge is 0.147 e. The van der Waals surface area contributed by atoms with Gasteiger partial charge < -0.3 is 4.65 Å². The number of nitrogens with one attached hydrogen (secondary N) is 1. The molecule has 10 heavy (non-hydrogen) atoms. The molecule has 0 aliphatic carbocycles. The second-order valence-electron chi connectivity index (χ2n) is 2.91. The van der Waals surface area contributed by atoms with Crippen LogP contribution in [0.1, 0.15) is 0 Å². The van der Waals surface area contributed by atoms with Crippen molar-refractivity contribution in [3.05, 3.63) is 12.3 Å². The molecule has 0 atom stereocenters. The quantitative estimate of drug-likeness (QED) is 0.507. The van der Waals surface area contributed by atoms with Gasteiger partial charge in [0.15, 0.2) is 0 Å². The topological polar surface area (TPSA) is 12.0 Å². The van der Waals surface area contributed by atoms with Crippen LogP contribution in [0.2, 0.25) is 19.6 Å². The molecule has 0 aromatic heterocycles. The van der Waals surface area contributed by atoms with Crippen LogP contribution in [0.4, 0.5) is 0 Å². The van der Waals surface area contributed by atoms with E-state index in [4.69, 9.17) is 11.1 Å². The van der Waals surface area contributed by atoms with Gasteiger partial charge in [-0.05, 0) is 0 Å². The summed E-state index contributed by atoms with van der Waals surface area (Å²) in [4.78, 5) is 0. The monoisotopic (exact) mass is 211 g/mol. The van der Waals surface area contributed by atoms with E-state index < -0.39 is 7.38 Å². The predicted molar refractivity (Wildman–Crippen MR) is 61.0 cm³/mol. The minimum absolute atomic E-state index is 0.00772. The molecule has 0 aliphatic heterocycles. The van der Waals surface area contributed by atoms with Gasteiger partial charge in [-0.25, -0.2) is 0 Å². The van der Waals surface area contributed by atoms with Crippen LogP contribution in [0, 0.1) is 0 Å². The summed E-state index contributed by atoms with van der Waals surface area (Å²) in [6.07, 6.45) is 0. The van der Waals surface area contributed by atoms with Crippen LogP contribution in [-0.4, -0.2) is 27.5 Å². The Bertz CT molecular complexity index is 75.5. The number of hydrogen-bond acceptors (Lipinski definition) is 1. The van der Waals surface area contributed by atoms with Crippen molar-refractivity contribution in [3.63, 3.8) is 0 Å². The largest absolute Gasteiger partial charge is 0.369 e. The van der Waals surface area contributed by atoms with E-state index in [0.29, 0.717) is 0 Å². The van der Waals surface area contributed by atoms with Crippen molar-refractivity contribution >= 4 is 38.5 Å². The minimum Gasteiger partial charge on any atom is -0.369 e. The van der Waals surface area contributed by atoms with Crippen molar-refractivity contribution in [2.24, 2.45) is 0 Å². The lowest BCUT2D eigenvalue weighted by molar-refractivity contribution is 1.64. The molecule has 0 aromatic carbocycles. The highest BCUT2D eigenvalue weighted by atomic mass is 35.6. The summed E-state index contributed by atoms with van der Waals surface area (Å²) in [5.74, 6) is 0. The van der Waals surface area contributed by atoms with E-state index in [2.05, 4.69) is 30.9 Å². The minimum atomic E-state index is -1.14. The van der Waals surface area contributed by atoms with Gasteiger partial charge in [0.05, 0.1) is 10.4 Å². The Labute approximate surface area is 75.4 Å². The third-order valence-electron chi connectivity index (χ3n) is 0.348. The van der Waals surface area contributed by atoms with Gasteiger partial charge in [0.2, 0.25) is 0 Å². The Morgan fingerprint density at radius 3 is 1.90 bits per heavy atom. The lowest BCUT2D eigenvalue weighted by atomic mass is 11.3. The number of hydrogen-bond donors (Lipinski definition) is 1. The summed E-state index contributed by atoms with van der Waals surface area (Å²) in [5.41, 5.74) is 1.99. The molecule has 0 unspecified atom stereocenters. The first kappa shape index (κ1) is 13.2. The number of rotatable bonds is 2. The lowest BCUT2D eigenvalue weighted by Crippen LogP contribution is -2.10. The van der Waals surface area contributed by atoms with Gasteiger partial charge in [0.1, 0.15) is 17.1 Å². The first-order valence-corrected chi connectivity index (χ1v) is 10.4. The van der Waals surface area contributed by atoms with Gasteiger partial charge in [-0.15, -0.1) is 6.58 Å². The Kier molecular flexibility index (Phi) is 10.3. The normalized spacial score (nSPS) is 11.2. The van der Waals surface area contributed by atoms with Crippen LogP contribution in [-0.2, 0) is 0 Å². The summed E-state index contributed by atoms with van der Waals surface area (Å²) < 4.78 is 3.18. The Balaban J connectivity index is 0. The molecule has 1 N–H and O–H groups in total. The summed E-state index contributed by atoms with van der Waals surface area (Å²) in [7, 11) is 0.00799. The van der Waals surface area contributed by atoms with Gasteiger partial charge in [-0.1, -0.05) is 25.3 Å². The average molecular weight is 212 g/mol. The molecule has 1 nitrogen and oxygen atoms in total. The van der Waals surface area contributed by atoms with Crippen molar-refractivity contribution in [2.75, 3.05) is 0 Å². The van der Waals surface area contributed by atoms with Crippen molar-refractivity contribution in [3.8, 4) is 0 Å². The molecular weight excluding hydrogens is 194 g/mol. The van der Waals surface area contributed by atoms with Crippen LogP contribution in [0.25, 0.3) is 0 Å². The first-order valence-electron chi connectivity index (χ1n) is 3.36. The molecule has 0 spiro atoms. The fourth-order valence-corrected chi connectivity index (χ4v) is 1.30. The lowest BCUT2D eigenvalue weighted by Gasteiger charge is -1.97. The molecular formula is C5H18ClNSi3. The van der Waals surface area contributed by atoms with Crippen LogP contribution in [0.3, 0.4) is 0 Å². The predicted octanol–water partition coefficient (Wildman–Crippen LogP) is 0.144. The van der Waals surface area contributed by atoms with Gasteiger partial charge >= 0.3 is 0 Å². The van der Waals surface area contributed by atoms with E-state index in [-0.39, 0.29) is 9.68 Å². The van der Waals surface area contributed by atoms with Crippen LogP contribution in [0.5, 0.6) is 0 Å². The van der Waals surface area contributed by atoms with Gasteiger partial charge in [-0.3, -0.25) is 0 Å². The molecule has 0 radical (unpaired) electrons. The first-order chi connectivity index (χ1) is 4.41. The van der Waals surface area contributed by atoms with Gasteiger partial charge in [0.25, 0.3) is 0 Å². The molecule has 0 rings (SSSR count). The van der Waals surface area contributed by atoms with Gasteiger partial charge in [0, 0.05) is 0 Å². The highest BCUT2D eigenvalue weighted by Gasteiger charge is 2.04. The van der Waals surface area contributed by atoms with Crippen molar-refractivity contribution in [1.29, 1.82) is 0 Å². The van der Waals surface area contributed by atoms with E-state index in [9.17, 15) is 0 Å². The number of halogens is 1. The van der Waals surface area contributed by atoms with Crippen LogP contribution >= 0.6 is 11.1 Å².